The van der Waals surface area contributed by atoms with Gasteiger partial charge >= 0.3 is 5.97 Å². The summed E-state index contributed by atoms with van der Waals surface area (Å²) >= 11 is 0. The van der Waals surface area contributed by atoms with Crippen LogP contribution < -0.4 is 5.32 Å². The molecular weight excluding hydrogens is 312 g/mol. The molecule has 3 atom stereocenters. The third-order valence-corrected chi connectivity index (χ3v) is 5.01. The number of anilines is 1. The highest BCUT2D eigenvalue weighted by molar-refractivity contribution is 6.07. The molecule has 0 spiro atoms. The molecular formula is C17H16N2O5. The first kappa shape index (κ1) is 14.9. The van der Waals surface area contributed by atoms with Crippen molar-refractivity contribution in [2.45, 2.75) is 31.9 Å². The highest BCUT2D eigenvalue weighted by atomic mass is 16.4. The van der Waals surface area contributed by atoms with E-state index >= 15 is 0 Å². The van der Waals surface area contributed by atoms with E-state index in [1.54, 1.807) is 25.1 Å². The van der Waals surface area contributed by atoms with Gasteiger partial charge in [-0.15, -0.1) is 0 Å². The first-order valence-electron chi connectivity index (χ1n) is 7.79. The number of nitrogens with zero attached hydrogens (tertiary/aromatic N) is 1. The zero-order chi connectivity index (χ0) is 17.2. The summed E-state index contributed by atoms with van der Waals surface area (Å²) in [5, 5.41) is 22.1. The number of fused-ring (bicyclic) bond motifs is 2. The van der Waals surface area contributed by atoms with Crippen molar-refractivity contribution in [1.82, 2.24) is 4.90 Å². The predicted octanol–water partition coefficient (Wildman–Crippen LogP) is 0.588. The molecule has 1 aromatic rings. The molecule has 1 aromatic carbocycles. The molecule has 0 radical (unpaired) electrons. The Hall–Kier alpha value is -2.67. The van der Waals surface area contributed by atoms with Gasteiger partial charge in [-0.25, -0.2) is 4.79 Å². The van der Waals surface area contributed by atoms with Crippen LogP contribution in [0.15, 0.2) is 23.9 Å². The van der Waals surface area contributed by atoms with Gasteiger partial charge in [0, 0.05) is 5.69 Å². The van der Waals surface area contributed by atoms with E-state index in [1.165, 1.54) is 4.90 Å². The smallest absolute Gasteiger partial charge is 0.352 e. The number of carbonyl (C=O) groups is 3. The normalized spacial score (nSPS) is 26.0. The summed E-state index contributed by atoms with van der Waals surface area (Å²) in [7, 11) is 0. The monoisotopic (exact) mass is 328 g/mol. The SMILES string of the molecule is C[C@@H](O)[C@@H]1C(=O)N2C(C(=O)O)=C(c3ccc4c(c3)NC(=O)C4)C[C@@H]12. The van der Waals surface area contributed by atoms with Crippen molar-refractivity contribution in [2.75, 3.05) is 5.32 Å². The van der Waals surface area contributed by atoms with Crippen molar-refractivity contribution in [3.63, 3.8) is 0 Å². The topological polar surface area (TPSA) is 107 Å². The second kappa shape index (κ2) is 4.91. The summed E-state index contributed by atoms with van der Waals surface area (Å²) in [5.74, 6) is -2.16. The average Bonchev–Trinajstić information content (AvgIpc) is 3.02. The van der Waals surface area contributed by atoms with E-state index in [0.29, 0.717) is 29.7 Å². The number of aliphatic hydroxyl groups excluding tert-OH is 1. The van der Waals surface area contributed by atoms with E-state index in [2.05, 4.69) is 5.32 Å². The Balaban J connectivity index is 1.75. The quantitative estimate of drug-likeness (QED) is 0.704. The number of hydrogen-bond acceptors (Lipinski definition) is 4. The summed E-state index contributed by atoms with van der Waals surface area (Å²) in [4.78, 5) is 36.7. The molecule has 0 bridgehead atoms. The van der Waals surface area contributed by atoms with Crippen LogP contribution >= 0.6 is 0 Å². The number of benzene rings is 1. The maximum Gasteiger partial charge on any atom is 0.352 e. The molecule has 7 heteroatoms. The van der Waals surface area contributed by atoms with Crippen molar-refractivity contribution in [1.29, 1.82) is 0 Å². The first-order valence-corrected chi connectivity index (χ1v) is 7.79. The van der Waals surface area contributed by atoms with E-state index in [-0.39, 0.29) is 23.6 Å². The van der Waals surface area contributed by atoms with E-state index in [4.69, 9.17) is 0 Å². The number of aliphatic carboxylic acids is 1. The number of carboxylic acid groups (broad SMARTS) is 1. The fraction of sp³-hybridized carbons (Fsp3) is 0.353. The number of amides is 2. The van der Waals surface area contributed by atoms with Crippen LogP contribution in [0.3, 0.4) is 0 Å². The van der Waals surface area contributed by atoms with Crippen molar-refractivity contribution >= 4 is 29.0 Å². The Morgan fingerprint density at radius 1 is 1.38 bits per heavy atom. The first-order chi connectivity index (χ1) is 11.4. The van der Waals surface area contributed by atoms with E-state index in [0.717, 1.165) is 5.56 Å². The van der Waals surface area contributed by atoms with E-state index in [9.17, 15) is 24.6 Å². The number of aliphatic hydroxyl groups is 1. The van der Waals surface area contributed by atoms with Crippen LogP contribution in [0.25, 0.3) is 5.57 Å². The molecule has 3 aliphatic rings. The molecule has 0 aliphatic carbocycles. The summed E-state index contributed by atoms with van der Waals surface area (Å²) in [5.41, 5.74) is 2.78. The number of β-lactam (4-membered cyclic amide) rings is 1. The maximum absolute atomic E-state index is 12.2. The second-order valence-electron chi connectivity index (χ2n) is 6.48. The van der Waals surface area contributed by atoms with Crippen LogP contribution in [0.1, 0.15) is 24.5 Å². The molecule has 1 saturated heterocycles. The fourth-order valence-electron chi connectivity index (χ4n) is 3.93. The van der Waals surface area contributed by atoms with Gasteiger partial charge in [-0.1, -0.05) is 12.1 Å². The minimum Gasteiger partial charge on any atom is -0.477 e. The van der Waals surface area contributed by atoms with Gasteiger partial charge in [0.25, 0.3) is 0 Å². The Bertz CT molecular complexity index is 826. The van der Waals surface area contributed by atoms with Crippen LogP contribution in [0.4, 0.5) is 5.69 Å². The van der Waals surface area contributed by atoms with Crippen molar-refractivity contribution in [3.05, 3.63) is 35.0 Å². The predicted molar refractivity (Wildman–Crippen MR) is 83.8 cm³/mol. The number of hydrogen-bond donors (Lipinski definition) is 3. The number of carbonyl (C=O) groups excluding carboxylic acids is 2. The number of rotatable bonds is 3. The lowest BCUT2D eigenvalue weighted by Gasteiger charge is -2.44. The van der Waals surface area contributed by atoms with Gasteiger partial charge in [0.1, 0.15) is 5.70 Å². The van der Waals surface area contributed by atoms with Gasteiger partial charge in [-0.3, -0.25) is 9.59 Å². The summed E-state index contributed by atoms with van der Waals surface area (Å²) < 4.78 is 0. The Kier molecular flexibility index (Phi) is 3.05. The molecule has 24 heavy (non-hydrogen) atoms. The molecule has 0 unspecified atom stereocenters. The molecule has 124 valence electrons. The lowest BCUT2D eigenvalue weighted by atomic mass is 9.82. The van der Waals surface area contributed by atoms with Gasteiger partial charge in [-0.2, -0.15) is 0 Å². The van der Waals surface area contributed by atoms with E-state index in [1.807, 2.05) is 0 Å². The minimum atomic E-state index is -1.16. The molecule has 3 aliphatic heterocycles. The standard InChI is InChI=1S/C17H16N2O5/c1-7(20)14-12-6-10(15(17(23)24)19(12)16(14)22)8-2-3-9-5-13(21)18-11(9)4-8/h2-4,7,12,14,20H,5-6H2,1H3,(H,18,21)(H,23,24)/t7-,12+,14+/m1/s1. The highest BCUT2D eigenvalue weighted by Crippen LogP contribution is 2.47. The van der Waals surface area contributed by atoms with Crippen LogP contribution in [0.2, 0.25) is 0 Å². The van der Waals surface area contributed by atoms with Gasteiger partial charge in [0.2, 0.25) is 11.8 Å². The van der Waals surface area contributed by atoms with Crippen LogP contribution in [-0.2, 0) is 20.8 Å². The minimum absolute atomic E-state index is 0.0221. The maximum atomic E-state index is 12.2. The van der Waals surface area contributed by atoms with E-state index < -0.39 is 18.0 Å². The highest BCUT2D eigenvalue weighted by Gasteiger charge is 2.56. The molecule has 0 saturated carbocycles. The molecule has 0 aromatic heterocycles. The molecule has 3 N–H and O–H groups in total. The van der Waals surface area contributed by atoms with Crippen LogP contribution in [0, 0.1) is 5.92 Å². The second-order valence-corrected chi connectivity index (χ2v) is 6.48. The van der Waals surface area contributed by atoms with Crippen molar-refractivity contribution in [3.8, 4) is 0 Å². The van der Waals surface area contributed by atoms with Crippen LogP contribution in [0.5, 0.6) is 0 Å². The largest absolute Gasteiger partial charge is 0.477 e. The van der Waals surface area contributed by atoms with Gasteiger partial charge in [0.05, 0.1) is 24.5 Å². The van der Waals surface area contributed by atoms with Crippen molar-refractivity contribution < 1.29 is 24.6 Å². The summed E-state index contributed by atoms with van der Waals surface area (Å²) in [6.45, 7) is 1.54. The zero-order valence-electron chi connectivity index (χ0n) is 12.9. The van der Waals surface area contributed by atoms with Crippen LogP contribution in [-0.4, -0.2) is 45.0 Å². The van der Waals surface area contributed by atoms with Gasteiger partial charge < -0.3 is 20.4 Å². The lowest BCUT2D eigenvalue weighted by molar-refractivity contribution is -0.161. The molecule has 1 fully saturated rings. The van der Waals surface area contributed by atoms with Gasteiger partial charge in [-0.05, 0) is 36.1 Å². The third kappa shape index (κ3) is 1.91. The Morgan fingerprint density at radius 3 is 2.79 bits per heavy atom. The Labute approximate surface area is 137 Å². The molecule has 3 heterocycles. The molecule has 2 amide bonds. The zero-order valence-corrected chi connectivity index (χ0v) is 12.9. The molecule has 4 rings (SSSR count). The van der Waals surface area contributed by atoms with Gasteiger partial charge in [0.15, 0.2) is 0 Å². The molecule has 7 nitrogen and oxygen atoms in total. The summed E-state index contributed by atoms with van der Waals surface area (Å²) in [6.07, 6.45) is -0.111. The third-order valence-electron chi connectivity index (χ3n) is 5.01. The lowest BCUT2D eigenvalue weighted by Crippen LogP contribution is -2.61. The number of nitrogens with one attached hydrogen (secondary N) is 1. The summed E-state index contributed by atoms with van der Waals surface area (Å²) in [6, 6.07) is 5.03. The average molecular weight is 328 g/mol. The number of carboxylic acids is 1. The Morgan fingerprint density at radius 2 is 2.12 bits per heavy atom. The van der Waals surface area contributed by atoms with Crippen molar-refractivity contribution in [2.24, 2.45) is 5.92 Å². The fourth-order valence-corrected chi connectivity index (χ4v) is 3.93.